The van der Waals surface area contributed by atoms with E-state index in [0.29, 0.717) is 0 Å². The fourth-order valence-electron chi connectivity index (χ4n) is 3.22. The van der Waals surface area contributed by atoms with Crippen LogP contribution in [-0.4, -0.2) is 38.3 Å². The maximum atomic E-state index is 5.84. The first-order valence-electron chi connectivity index (χ1n) is 10.6. The zero-order chi connectivity index (χ0) is 18.2. The number of halogens is 1. The maximum Gasteiger partial charge on any atom is 0.102 e. The van der Waals surface area contributed by atoms with E-state index in [2.05, 4.69) is 51.4 Å². The quantitative estimate of drug-likeness (QED) is 0.290. The van der Waals surface area contributed by atoms with Gasteiger partial charge in [0.2, 0.25) is 0 Å². The summed E-state index contributed by atoms with van der Waals surface area (Å²) in [4.78, 5) is 0. The first kappa shape index (κ1) is 25.6. The molecule has 1 aromatic carbocycles. The molecule has 0 spiro atoms. The van der Waals surface area contributed by atoms with E-state index in [1.54, 1.807) is 0 Å². The molecule has 1 rings (SSSR count). The third kappa shape index (κ3) is 14.8. The molecular weight excluding hydrogens is 386 g/mol. The van der Waals surface area contributed by atoms with Gasteiger partial charge < -0.3 is 26.2 Å². The van der Waals surface area contributed by atoms with Gasteiger partial charge >= 0.3 is 0 Å². The van der Waals surface area contributed by atoms with E-state index in [1.165, 1.54) is 76.3 Å². The molecule has 0 saturated heterocycles. The van der Waals surface area contributed by atoms with Crippen LogP contribution in [0.2, 0.25) is 0 Å². The molecule has 26 heavy (non-hydrogen) atoms. The molecule has 0 saturated carbocycles. The third-order valence-corrected chi connectivity index (χ3v) is 5.07. The normalized spacial score (nSPS) is 11.3. The molecule has 0 N–H and O–H groups in total. The topological polar surface area (TPSA) is 9.23 Å². The van der Waals surface area contributed by atoms with Crippen molar-refractivity contribution in [1.29, 1.82) is 0 Å². The maximum absolute atomic E-state index is 5.84. The van der Waals surface area contributed by atoms with Gasteiger partial charge in [-0.05, 0) is 18.4 Å². The zero-order valence-corrected chi connectivity index (χ0v) is 19.1. The van der Waals surface area contributed by atoms with Crippen molar-refractivity contribution in [2.75, 3.05) is 33.8 Å². The molecule has 0 aliphatic carbocycles. The van der Waals surface area contributed by atoms with Crippen molar-refractivity contribution in [3.63, 3.8) is 0 Å². The highest BCUT2D eigenvalue weighted by molar-refractivity contribution is 5.13. The van der Waals surface area contributed by atoms with E-state index < -0.39 is 0 Å². The number of unbranched alkanes of at least 4 members (excludes halogenated alkanes) is 9. The van der Waals surface area contributed by atoms with Crippen LogP contribution in [0.4, 0.5) is 0 Å². The number of quaternary nitrogens is 1. The minimum absolute atomic E-state index is 0. The highest BCUT2D eigenvalue weighted by Gasteiger charge is 2.13. The number of likely N-dealkylation sites (N-methyl/N-ethyl adjacent to an activating group) is 1. The summed E-state index contributed by atoms with van der Waals surface area (Å²) in [6, 6.07) is 10.5. The number of benzene rings is 1. The van der Waals surface area contributed by atoms with Crippen molar-refractivity contribution in [3.8, 4) is 0 Å². The minimum atomic E-state index is 0. The SMILES string of the molecule is CCCCCCCCCCCC[N+](C)(C)CCOCc1ccccc1.[Br-]. The number of nitrogens with zero attached hydrogens (tertiary/aromatic N) is 1. The van der Waals surface area contributed by atoms with Gasteiger partial charge in [-0.15, -0.1) is 0 Å². The average molecular weight is 428 g/mol. The van der Waals surface area contributed by atoms with E-state index in [0.717, 1.165) is 24.2 Å². The molecule has 0 radical (unpaired) electrons. The van der Waals surface area contributed by atoms with Gasteiger partial charge in [-0.25, -0.2) is 0 Å². The zero-order valence-electron chi connectivity index (χ0n) is 17.5. The Bertz CT molecular complexity index is 408. The Kier molecular flexibility index (Phi) is 16.5. The van der Waals surface area contributed by atoms with E-state index in [1.807, 2.05) is 0 Å². The average Bonchev–Trinajstić information content (AvgIpc) is 2.61. The molecule has 2 nitrogen and oxygen atoms in total. The molecular formula is C23H42BrNO. The Balaban J connectivity index is 0.00000625. The van der Waals surface area contributed by atoms with E-state index in [4.69, 9.17) is 4.74 Å². The Morgan fingerprint density at radius 1 is 0.731 bits per heavy atom. The Hall–Kier alpha value is -0.380. The summed E-state index contributed by atoms with van der Waals surface area (Å²) in [6.07, 6.45) is 14.1. The smallest absolute Gasteiger partial charge is 0.102 e. The molecule has 152 valence electrons. The van der Waals surface area contributed by atoms with E-state index in [9.17, 15) is 0 Å². The molecule has 0 amide bonds. The van der Waals surface area contributed by atoms with Crippen LogP contribution in [0.3, 0.4) is 0 Å². The van der Waals surface area contributed by atoms with Gasteiger partial charge in [-0.1, -0.05) is 88.6 Å². The van der Waals surface area contributed by atoms with Crippen LogP contribution in [-0.2, 0) is 11.3 Å². The van der Waals surface area contributed by atoms with E-state index in [-0.39, 0.29) is 17.0 Å². The number of hydrogen-bond donors (Lipinski definition) is 0. The molecule has 1 aromatic rings. The Morgan fingerprint density at radius 2 is 1.27 bits per heavy atom. The first-order valence-corrected chi connectivity index (χ1v) is 10.6. The van der Waals surface area contributed by atoms with E-state index >= 15 is 0 Å². The molecule has 3 heteroatoms. The van der Waals surface area contributed by atoms with Crippen molar-refractivity contribution >= 4 is 0 Å². The molecule has 0 heterocycles. The van der Waals surface area contributed by atoms with Crippen molar-refractivity contribution in [2.45, 2.75) is 77.7 Å². The second kappa shape index (κ2) is 16.8. The fourth-order valence-corrected chi connectivity index (χ4v) is 3.22. The number of hydrogen-bond acceptors (Lipinski definition) is 1. The van der Waals surface area contributed by atoms with Crippen LogP contribution < -0.4 is 17.0 Å². The summed E-state index contributed by atoms with van der Waals surface area (Å²) in [6.45, 7) is 6.24. The predicted molar refractivity (Wildman–Crippen MR) is 110 cm³/mol. The van der Waals surface area contributed by atoms with Crippen LogP contribution in [0, 0.1) is 0 Å². The summed E-state index contributed by atoms with van der Waals surface area (Å²) in [5.74, 6) is 0. The van der Waals surface area contributed by atoms with Crippen LogP contribution >= 0.6 is 0 Å². The lowest BCUT2D eigenvalue weighted by Crippen LogP contribution is -3.00. The lowest BCUT2D eigenvalue weighted by atomic mass is 10.1. The van der Waals surface area contributed by atoms with Crippen molar-refractivity contribution in [2.24, 2.45) is 0 Å². The largest absolute Gasteiger partial charge is 1.00 e. The van der Waals surface area contributed by atoms with Crippen LogP contribution in [0.1, 0.15) is 76.7 Å². The lowest BCUT2D eigenvalue weighted by molar-refractivity contribution is -0.891. The Labute approximate surface area is 173 Å². The summed E-state index contributed by atoms with van der Waals surface area (Å²) < 4.78 is 6.91. The fraction of sp³-hybridized carbons (Fsp3) is 0.739. The van der Waals surface area contributed by atoms with Crippen molar-refractivity contribution in [3.05, 3.63) is 35.9 Å². The van der Waals surface area contributed by atoms with Gasteiger partial charge in [-0.2, -0.15) is 0 Å². The minimum Gasteiger partial charge on any atom is -1.00 e. The van der Waals surface area contributed by atoms with Crippen molar-refractivity contribution < 1.29 is 26.2 Å². The predicted octanol–water partition coefficient (Wildman–Crippen LogP) is 3.20. The summed E-state index contributed by atoms with van der Waals surface area (Å²) in [5.41, 5.74) is 1.27. The van der Waals surface area contributed by atoms with Crippen molar-refractivity contribution in [1.82, 2.24) is 0 Å². The summed E-state index contributed by atoms with van der Waals surface area (Å²) >= 11 is 0. The number of rotatable bonds is 16. The first-order chi connectivity index (χ1) is 12.1. The summed E-state index contributed by atoms with van der Waals surface area (Å²) in [5, 5.41) is 0. The molecule has 0 aliphatic heterocycles. The molecule has 0 atom stereocenters. The van der Waals surface area contributed by atoms with Crippen LogP contribution in [0.5, 0.6) is 0 Å². The van der Waals surface area contributed by atoms with Gasteiger partial charge in [-0.3, -0.25) is 0 Å². The highest BCUT2D eigenvalue weighted by atomic mass is 79.9. The second-order valence-electron chi connectivity index (χ2n) is 8.10. The van der Waals surface area contributed by atoms with Gasteiger partial charge in [0.05, 0.1) is 33.9 Å². The van der Waals surface area contributed by atoms with Gasteiger partial charge in [0, 0.05) is 0 Å². The summed E-state index contributed by atoms with van der Waals surface area (Å²) in [7, 11) is 4.67. The lowest BCUT2D eigenvalue weighted by Gasteiger charge is -2.29. The molecule has 0 fully saturated rings. The highest BCUT2D eigenvalue weighted by Crippen LogP contribution is 2.11. The van der Waals surface area contributed by atoms with Gasteiger partial charge in [0.25, 0.3) is 0 Å². The second-order valence-corrected chi connectivity index (χ2v) is 8.10. The molecule has 0 unspecified atom stereocenters. The van der Waals surface area contributed by atoms with Gasteiger partial charge in [0.1, 0.15) is 6.54 Å². The standard InChI is InChI=1S/C23H42NO.BrH/c1-4-5-6-7-8-9-10-11-12-16-19-24(2,3)20-21-25-22-23-17-14-13-15-18-23;/h13-15,17-18H,4-12,16,19-22H2,1-3H3;1H/q+1;/p-1. The van der Waals surface area contributed by atoms with Crippen LogP contribution in [0.15, 0.2) is 30.3 Å². The molecule has 0 aliphatic rings. The van der Waals surface area contributed by atoms with Gasteiger partial charge in [0.15, 0.2) is 0 Å². The molecule has 0 aromatic heterocycles. The molecule has 0 bridgehead atoms. The third-order valence-electron chi connectivity index (χ3n) is 5.07. The number of ether oxygens (including phenoxy) is 1. The van der Waals surface area contributed by atoms with Crippen LogP contribution in [0.25, 0.3) is 0 Å². The Morgan fingerprint density at radius 3 is 1.85 bits per heavy atom. The monoisotopic (exact) mass is 427 g/mol.